The third-order valence-electron chi connectivity index (χ3n) is 4.22. The number of quaternary nitrogens is 1. The van der Waals surface area contributed by atoms with Crippen molar-refractivity contribution in [1.82, 2.24) is 5.32 Å². The van der Waals surface area contributed by atoms with Crippen LogP contribution in [0.4, 0.5) is 9.59 Å². The van der Waals surface area contributed by atoms with Crippen LogP contribution in [0.25, 0.3) is 0 Å². The number of carbonyl (C=O) groups is 3. The molecule has 3 atom stereocenters. The third-order valence-corrected chi connectivity index (χ3v) is 4.22. The topological polar surface area (TPSA) is 92.7 Å². The Labute approximate surface area is 137 Å². The molecule has 3 amide bonds. The van der Waals surface area contributed by atoms with Crippen molar-refractivity contribution < 1.29 is 28.7 Å². The van der Waals surface area contributed by atoms with Crippen LogP contribution in [0.1, 0.15) is 54.4 Å². The van der Waals surface area contributed by atoms with Gasteiger partial charge in [0.15, 0.2) is 6.04 Å². The van der Waals surface area contributed by atoms with Gasteiger partial charge in [-0.15, -0.1) is 0 Å². The summed E-state index contributed by atoms with van der Waals surface area (Å²) in [7, 11) is 0. The van der Waals surface area contributed by atoms with E-state index in [2.05, 4.69) is 5.32 Å². The van der Waals surface area contributed by atoms with E-state index in [9.17, 15) is 19.5 Å². The van der Waals surface area contributed by atoms with Gasteiger partial charge in [-0.25, -0.2) is 9.59 Å². The maximum Gasteiger partial charge on any atom is 0.521 e. The zero-order valence-corrected chi connectivity index (χ0v) is 14.9. The van der Waals surface area contributed by atoms with Crippen molar-refractivity contribution in [3.8, 4) is 0 Å². The van der Waals surface area contributed by atoms with Gasteiger partial charge in [0.1, 0.15) is 11.6 Å². The van der Waals surface area contributed by atoms with Crippen LogP contribution in [-0.2, 0) is 9.53 Å². The van der Waals surface area contributed by atoms with Crippen LogP contribution >= 0.6 is 0 Å². The molecule has 1 rings (SSSR count). The molecular formula is C16H29N2O5+. The van der Waals surface area contributed by atoms with Crippen molar-refractivity contribution >= 4 is 18.1 Å². The van der Waals surface area contributed by atoms with Gasteiger partial charge in [-0.1, -0.05) is 13.8 Å². The lowest BCUT2D eigenvalue weighted by atomic mass is 10.0. The van der Waals surface area contributed by atoms with E-state index in [-0.39, 0.29) is 18.5 Å². The number of rotatable bonds is 3. The molecule has 7 nitrogen and oxygen atoms in total. The van der Waals surface area contributed by atoms with Gasteiger partial charge in [-0.3, -0.25) is 0 Å². The second kappa shape index (κ2) is 6.86. The SMILES string of the molecule is CC(C)[C@H](NC(=O)OC(C)(C)C)C(=O)[N+]1(C(=O)O)CCC[C@H]1C. The number of carbonyl (C=O) groups excluding carboxylic acids is 2. The van der Waals surface area contributed by atoms with Crippen molar-refractivity contribution in [1.29, 1.82) is 0 Å². The second-order valence-electron chi connectivity index (χ2n) is 7.57. The molecule has 0 aliphatic carbocycles. The lowest BCUT2D eigenvalue weighted by Crippen LogP contribution is -2.65. The molecule has 1 fully saturated rings. The molecule has 23 heavy (non-hydrogen) atoms. The Bertz CT molecular complexity index is 483. The molecule has 1 heterocycles. The fourth-order valence-corrected chi connectivity index (χ4v) is 2.98. The van der Waals surface area contributed by atoms with Crippen LogP contribution in [0.15, 0.2) is 0 Å². The summed E-state index contributed by atoms with van der Waals surface area (Å²) < 4.78 is 4.57. The van der Waals surface area contributed by atoms with Gasteiger partial charge in [0.05, 0.1) is 6.54 Å². The van der Waals surface area contributed by atoms with Crippen molar-refractivity contribution in [2.45, 2.75) is 72.1 Å². The van der Waals surface area contributed by atoms with E-state index in [1.54, 1.807) is 41.5 Å². The van der Waals surface area contributed by atoms with Crippen molar-refractivity contribution in [2.24, 2.45) is 5.92 Å². The van der Waals surface area contributed by atoms with E-state index in [4.69, 9.17) is 4.74 Å². The summed E-state index contributed by atoms with van der Waals surface area (Å²) in [5.41, 5.74) is -0.686. The average Bonchev–Trinajstić information content (AvgIpc) is 2.75. The minimum absolute atomic E-state index is 0.239. The van der Waals surface area contributed by atoms with Gasteiger partial charge in [0.2, 0.25) is 0 Å². The quantitative estimate of drug-likeness (QED) is 0.777. The van der Waals surface area contributed by atoms with Gasteiger partial charge >= 0.3 is 18.1 Å². The summed E-state index contributed by atoms with van der Waals surface area (Å²) in [6.07, 6.45) is -0.511. The Morgan fingerprint density at radius 2 is 1.83 bits per heavy atom. The number of alkyl carbamates (subject to hydrolysis) is 1. The molecular weight excluding hydrogens is 300 g/mol. The van der Waals surface area contributed by atoms with Gasteiger partial charge < -0.3 is 15.2 Å². The summed E-state index contributed by atoms with van der Waals surface area (Å²) >= 11 is 0. The number of ether oxygens (including phenoxy) is 1. The molecule has 0 aromatic heterocycles. The molecule has 132 valence electrons. The predicted octanol–water partition coefficient (Wildman–Crippen LogP) is 2.74. The minimum Gasteiger partial charge on any atom is -0.444 e. The maximum atomic E-state index is 13.0. The highest BCUT2D eigenvalue weighted by Gasteiger charge is 2.56. The van der Waals surface area contributed by atoms with Crippen LogP contribution in [0.5, 0.6) is 0 Å². The molecule has 0 aromatic rings. The zero-order valence-electron chi connectivity index (χ0n) is 14.9. The molecule has 0 aromatic carbocycles. The van der Waals surface area contributed by atoms with Crippen molar-refractivity contribution in [3.05, 3.63) is 0 Å². The van der Waals surface area contributed by atoms with E-state index < -0.39 is 34.2 Å². The Balaban J connectivity index is 3.03. The smallest absolute Gasteiger partial charge is 0.444 e. The first kappa shape index (κ1) is 19.4. The van der Waals surface area contributed by atoms with E-state index in [1.165, 1.54) is 0 Å². The Morgan fingerprint density at radius 3 is 2.17 bits per heavy atom. The van der Waals surface area contributed by atoms with Gasteiger partial charge in [0.25, 0.3) is 0 Å². The van der Waals surface area contributed by atoms with E-state index in [1.807, 2.05) is 0 Å². The minimum atomic E-state index is -1.16. The highest BCUT2D eigenvalue weighted by Crippen LogP contribution is 2.30. The Morgan fingerprint density at radius 1 is 1.26 bits per heavy atom. The summed E-state index contributed by atoms with van der Waals surface area (Å²) in [6.45, 7) is 10.8. The van der Waals surface area contributed by atoms with E-state index >= 15 is 0 Å². The molecule has 1 aliphatic rings. The second-order valence-corrected chi connectivity index (χ2v) is 7.57. The number of nitrogens with zero attached hydrogens (tertiary/aromatic N) is 1. The number of amides is 3. The number of hydrogen-bond acceptors (Lipinski definition) is 4. The molecule has 1 saturated heterocycles. The first-order valence-corrected chi connectivity index (χ1v) is 8.07. The number of nitrogens with one attached hydrogen (secondary N) is 1. The van der Waals surface area contributed by atoms with Crippen molar-refractivity contribution in [2.75, 3.05) is 6.54 Å². The lowest BCUT2D eigenvalue weighted by molar-refractivity contribution is -0.793. The number of likely N-dealkylation sites (tertiary alicyclic amines) is 1. The first-order valence-electron chi connectivity index (χ1n) is 8.07. The molecule has 7 heteroatoms. The molecule has 0 saturated carbocycles. The summed E-state index contributed by atoms with van der Waals surface area (Å²) in [6, 6.07) is -1.21. The highest BCUT2D eigenvalue weighted by molar-refractivity contribution is 5.87. The zero-order chi connectivity index (χ0) is 18.0. The van der Waals surface area contributed by atoms with Gasteiger partial charge in [-0.05, 0) is 33.6 Å². The van der Waals surface area contributed by atoms with Crippen LogP contribution in [-0.4, -0.2) is 51.9 Å². The van der Waals surface area contributed by atoms with Gasteiger partial charge in [0, 0.05) is 12.8 Å². The molecule has 0 spiro atoms. The number of carboxylic acid groups (broad SMARTS) is 1. The first-order chi connectivity index (χ1) is 10.4. The fraction of sp³-hybridized carbons (Fsp3) is 0.812. The summed E-state index contributed by atoms with van der Waals surface area (Å²) in [5.74, 6) is -0.722. The van der Waals surface area contributed by atoms with Crippen molar-refractivity contribution in [3.63, 3.8) is 0 Å². The van der Waals surface area contributed by atoms with Crippen LogP contribution < -0.4 is 5.32 Å². The number of hydrogen-bond donors (Lipinski definition) is 2. The highest BCUT2D eigenvalue weighted by atomic mass is 16.6. The van der Waals surface area contributed by atoms with Crippen LogP contribution in [0.2, 0.25) is 0 Å². The summed E-state index contributed by atoms with van der Waals surface area (Å²) in [4.78, 5) is 36.8. The third kappa shape index (κ3) is 4.22. The monoisotopic (exact) mass is 329 g/mol. The fourth-order valence-electron chi connectivity index (χ4n) is 2.98. The molecule has 0 bridgehead atoms. The maximum absolute atomic E-state index is 13.0. The molecule has 1 unspecified atom stereocenters. The van der Waals surface area contributed by atoms with Gasteiger partial charge in [-0.2, -0.15) is 9.28 Å². The lowest BCUT2D eigenvalue weighted by Gasteiger charge is -2.34. The largest absolute Gasteiger partial charge is 0.521 e. The number of imide groups is 1. The Kier molecular flexibility index (Phi) is 5.79. The van der Waals surface area contributed by atoms with E-state index in [0.29, 0.717) is 12.8 Å². The van der Waals surface area contributed by atoms with Crippen LogP contribution in [0, 0.1) is 5.92 Å². The predicted molar refractivity (Wildman–Crippen MR) is 84.9 cm³/mol. The van der Waals surface area contributed by atoms with Crippen LogP contribution in [0.3, 0.4) is 0 Å². The Hall–Kier alpha value is -1.63. The normalized spacial score (nSPS) is 26.0. The molecule has 2 N–H and O–H groups in total. The average molecular weight is 329 g/mol. The molecule has 0 radical (unpaired) electrons. The van der Waals surface area contributed by atoms with E-state index in [0.717, 1.165) is 0 Å². The standard InChI is InChI=1S/C16H28N2O5/c1-10(2)12(17-14(20)23-16(4,5)6)13(19)18(15(21)22)9-7-8-11(18)3/h10-12H,7-9H2,1-6H3,(H-,17,20,21,22)/p+1/t11-,12+,18?/m1/s1. The molecule has 1 aliphatic heterocycles. The summed E-state index contributed by atoms with van der Waals surface area (Å²) in [5, 5.41) is 12.2.